The molecule has 0 spiro atoms. The Morgan fingerprint density at radius 1 is 1.71 bits per heavy atom. The third kappa shape index (κ3) is 1.59. The molecule has 1 aromatic heterocycles. The van der Waals surface area contributed by atoms with Crippen LogP contribution in [0.3, 0.4) is 0 Å². The van der Waals surface area contributed by atoms with Crippen LogP contribution in [0.1, 0.15) is 22.7 Å². The molecular formula is C10H14N2OS. The lowest BCUT2D eigenvalue weighted by atomic mass is 10.0. The van der Waals surface area contributed by atoms with Gasteiger partial charge in [-0.2, -0.15) is 11.8 Å². The summed E-state index contributed by atoms with van der Waals surface area (Å²) in [5, 5.41) is 0. The molecule has 0 aromatic carbocycles. The average molecular weight is 210 g/mol. The highest BCUT2D eigenvalue weighted by molar-refractivity contribution is 7.99. The maximum Gasteiger partial charge on any atom is 0.184 e. The predicted octanol–water partition coefficient (Wildman–Crippen LogP) is 1.66. The molecule has 3 nitrogen and oxygen atoms in total. The summed E-state index contributed by atoms with van der Waals surface area (Å²) >= 11 is 1.87. The summed E-state index contributed by atoms with van der Waals surface area (Å²) in [7, 11) is 1.90. The Morgan fingerprint density at radius 2 is 2.50 bits per heavy atom. The zero-order chi connectivity index (χ0) is 10.1. The number of aromatic nitrogens is 2. The molecule has 0 radical (unpaired) electrons. The zero-order valence-electron chi connectivity index (χ0n) is 8.49. The molecule has 0 N–H and O–H groups in total. The first-order chi connectivity index (χ1) is 6.70. The minimum absolute atomic E-state index is 0.217. The number of imidazole rings is 1. The second-order valence-electron chi connectivity index (χ2n) is 3.67. The van der Waals surface area contributed by atoms with Gasteiger partial charge in [0.05, 0.1) is 6.20 Å². The molecule has 76 valence electrons. The minimum Gasteiger partial charge on any atom is -0.329 e. The number of ketones is 1. The molecule has 1 saturated heterocycles. The van der Waals surface area contributed by atoms with Crippen LogP contribution in [0.4, 0.5) is 0 Å². The molecule has 1 fully saturated rings. The molecule has 2 heterocycles. The standard InChI is InChI=1S/C10H14N2OS/c1-7-11-5-9(12(7)2)10(13)8-3-4-14-6-8/h5,8H,3-4,6H2,1-2H3. The van der Waals surface area contributed by atoms with Crippen molar-refractivity contribution < 1.29 is 4.79 Å². The molecule has 4 heteroatoms. The number of rotatable bonds is 2. The van der Waals surface area contributed by atoms with Crippen LogP contribution in [-0.4, -0.2) is 26.8 Å². The van der Waals surface area contributed by atoms with Crippen molar-refractivity contribution in [1.29, 1.82) is 0 Å². The van der Waals surface area contributed by atoms with Gasteiger partial charge >= 0.3 is 0 Å². The highest BCUT2D eigenvalue weighted by atomic mass is 32.2. The lowest BCUT2D eigenvalue weighted by molar-refractivity contribution is 0.0925. The number of Topliss-reactive ketones (excluding diaryl/α,β-unsaturated/α-hetero) is 1. The normalized spacial score (nSPS) is 21.4. The molecule has 1 aliphatic rings. The van der Waals surface area contributed by atoms with Gasteiger partial charge in [0.25, 0.3) is 0 Å². The van der Waals surface area contributed by atoms with Gasteiger partial charge in [-0.1, -0.05) is 0 Å². The van der Waals surface area contributed by atoms with E-state index in [0.717, 1.165) is 29.4 Å². The van der Waals surface area contributed by atoms with Gasteiger partial charge < -0.3 is 4.57 Å². The van der Waals surface area contributed by atoms with Gasteiger partial charge in [0.2, 0.25) is 0 Å². The molecule has 0 aliphatic carbocycles. The van der Waals surface area contributed by atoms with Crippen molar-refractivity contribution >= 4 is 17.5 Å². The number of hydrogen-bond donors (Lipinski definition) is 0. The van der Waals surface area contributed by atoms with Crippen LogP contribution in [0.25, 0.3) is 0 Å². The predicted molar refractivity (Wildman–Crippen MR) is 57.7 cm³/mol. The summed E-state index contributed by atoms with van der Waals surface area (Å²) in [5.74, 6) is 3.47. The van der Waals surface area contributed by atoms with E-state index in [9.17, 15) is 4.79 Å². The molecule has 1 atom stereocenters. The van der Waals surface area contributed by atoms with Gasteiger partial charge in [-0.15, -0.1) is 0 Å². The lowest BCUT2D eigenvalue weighted by Crippen LogP contribution is -2.17. The first-order valence-electron chi connectivity index (χ1n) is 4.80. The number of carbonyl (C=O) groups excluding carboxylic acids is 1. The van der Waals surface area contributed by atoms with Crippen molar-refractivity contribution in [3.63, 3.8) is 0 Å². The summed E-state index contributed by atoms with van der Waals surface area (Å²) in [5.41, 5.74) is 0.759. The van der Waals surface area contributed by atoms with Gasteiger partial charge in [0.1, 0.15) is 11.5 Å². The summed E-state index contributed by atoms with van der Waals surface area (Å²) in [4.78, 5) is 16.2. The number of aryl methyl sites for hydroxylation is 1. The maximum atomic E-state index is 12.0. The Labute approximate surface area is 87.9 Å². The first kappa shape index (κ1) is 9.77. The van der Waals surface area contributed by atoms with Crippen LogP contribution in [0.15, 0.2) is 6.20 Å². The topological polar surface area (TPSA) is 34.9 Å². The molecule has 1 unspecified atom stereocenters. The molecule has 2 rings (SSSR count). The van der Waals surface area contributed by atoms with Crippen molar-refractivity contribution in [1.82, 2.24) is 9.55 Å². The summed E-state index contributed by atoms with van der Waals surface area (Å²) in [6.45, 7) is 1.92. The van der Waals surface area contributed by atoms with Gasteiger partial charge in [-0.25, -0.2) is 4.98 Å². The van der Waals surface area contributed by atoms with Crippen LogP contribution in [0.5, 0.6) is 0 Å². The highest BCUT2D eigenvalue weighted by Gasteiger charge is 2.26. The van der Waals surface area contributed by atoms with Gasteiger partial charge in [0, 0.05) is 18.7 Å². The number of nitrogens with zero attached hydrogens (tertiary/aromatic N) is 2. The molecule has 0 saturated carbocycles. The molecule has 0 bridgehead atoms. The Hall–Kier alpha value is -0.770. The second kappa shape index (κ2) is 3.77. The SMILES string of the molecule is Cc1ncc(C(=O)C2CCSC2)n1C. The maximum absolute atomic E-state index is 12.0. The second-order valence-corrected chi connectivity index (χ2v) is 4.82. The van der Waals surface area contributed by atoms with E-state index >= 15 is 0 Å². The average Bonchev–Trinajstić information content (AvgIpc) is 2.77. The monoisotopic (exact) mass is 210 g/mol. The molecule has 0 amide bonds. The Kier molecular flexibility index (Phi) is 2.63. The van der Waals surface area contributed by atoms with E-state index < -0.39 is 0 Å². The summed E-state index contributed by atoms with van der Waals surface area (Å²) < 4.78 is 1.88. The highest BCUT2D eigenvalue weighted by Crippen LogP contribution is 2.26. The van der Waals surface area contributed by atoms with E-state index in [0.29, 0.717) is 0 Å². The number of hydrogen-bond acceptors (Lipinski definition) is 3. The minimum atomic E-state index is 0.217. The van der Waals surface area contributed by atoms with Crippen molar-refractivity contribution in [3.05, 3.63) is 17.7 Å². The molecule has 1 aromatic rings. The summed E-state index contributed by atoms with van der Waals surface area (Å²) in [6.07, 6.45) is 2.72. The van der Waals surface area contributed by atoms with Crippen LogP contribution in [0, 0.1) is 12.8 Å². The third-order valence-corrected chi connectivity index (χ3v) is 3.94. The van der Waals surface area contributed by atoms with Crippen LogP contribution < -0.4 is 0 Å². The first-order valence-corrected chi connectivity index (χ1v) is 5.96. The van der Waals surface area contributed by atoms with Gasteiger partial charge in [-0.05, 0) is 19.1 Å². The van der Waals surface area contributed by atoms with Gasteiger partial charge in [-0.3, -0.25) is 4.79 Å². The number of thioether (sulfide) groups is 1. The van der Waals surface area contributed by atoms with E-state index in [1.165, 1.54) is 0 Å². The third-order valence-electron chi connectivity index (χ3n) is 2.77. The van der Waals surface area contributed by atoms with Crippen LogP contribution in [0.2, 0.25) is 0 Å². The Morgan fingerprint density at radius 3 is 3.00 bits per heavy atom. The summed E-state index contributed by atoms with van der Waals surface area (Å²) in [6, 6.07) is 0. The van der Waals surface area contributed by atoms with E-state index in [-0.39, 0.29) is 11.7 Å². The van der Waals surface area contributed by atoms with E-state index in [2.05, 4.69) is 4.98 Å². The lowest BCUT2D eigenvalue weighted by Gasteiger charge is -2.07. The van der Waals surface area contributed by atoms with Crippen molar-refractivity contribution in [2.75, 3.05) is 11.5 Å². The van der Waals surface area contributed by atoms with Crippen molar-refractivity contribution in [2.24, 2.45) is 13.0 Å². The molecular weight excluding hydrogens is 196 g/mol. The Balaban J connectivity index is 2.22. The number of carbonyl (C=O) groups is 1. The quantitative estimate of drug-likeness (QED) is 0.696. The largest absolute Gasteiger partial charge is 0.329 e. The fourth-order valence-corrected chi connectivity index (χ4v) is 2.90. The van der Waals surface area contributed by atoms with Crippen molar-refractivity contribution in [2.45, 2.75) is 13.3 Å². The molecule has 1 aliphatic heterocycles. The van der Waals surface area contributed by atoms with Crippen molar-refractivity contribution in [3.8, 4) is 0 Å². The fraction of sp³-hybridized carbons (Fsp3) is 0.600. The smallest absolute Gasteiger partial charge is 0.184 e. The van der Waals surface area contributed by atoms with Gasteiger partial charge in [0.15, 0.2) is 5.78 Å². The fourth-order valence-electron chi connectivity index (χ4n) is 1.68. The van der Waals surface area contributed by atoms with E-state index in [1.807, 2.05) is 30.3 Å². The van der Waals surface area contributed by atoms with E-state index in [4.69, 9.17) is 0 Å². The Bertz CT molecular complexity index is 353. The zero-order valence-corrected chi connectivity index (χ0v) is 9.30. The van der Waals surface area contributed by atoms with Crippen LogP contribution in [-0.2, 0) is 7.05 Å². The molecule has 14 heavy (non-hydrogen) atoms. The van der Waals surface area contributed by atoms with Crippen LogP contribution >= 0.6 is 11.8 Å². The van der Waals surface area contributed by atoms with E-state index in [1.54, 1.807) is 6.20 Å².